The molecule has 0 bridgehead atoms. The summed E-state index contributed by atoms with van der Waals surface area (Å²) in [5, 5.41) is 0. The second kappa shape index (κ2) is 6.39. The quantitative estimate of drug-likeness (QED) is 0.761. The minimum atomic E-state index is -3.18. The van der Waals surface area contributed by atoms with Crippen LogP contribution >= 0.6 is 11.6 Å². The molecule has 1 aliphatic rings. The third kappa shape index (κ3) is 5.14. The van der Waals surface area contributed by atoms with E-state index in [0.717, 1.165) is 25.7 Å². The molecule has 0 aromatic heterocycles. The molecule has 1 saturated carbocycles. The Morgan fingerprint density at radius 3 is 2.29 bits per heavy atom. The van der Waals surface area contributed by atoms with Crippen LogP contribution in [0.15, 0.2) is 0 Å². The van der Waals surface area contributed by atoms with Crippen molar-refractivity contribution in [3.8, 4) is 0 Å². The zero-order chi connectivity index (χ0) is 12.9. The minimum Gasteiger partial charge on any atom is -0.212 e. The van der Waals surface area contributed by atoms with E-state index in [1.165, 1.54) is 6.42 Å². The zero-order valence-electron chi connectivity index (χ0n) is 10.8. The van der Waals surface area contributed by atoms with Crippen molar-refractivity contribution in [3.63, 3.8) is 0 Å². The standard InChI is InChI=1S/C12H24ClNO2S/c1-11(2)6-9-17(15,16)14-12(10-13)7-4-3-5-8-12/h11,14H,3-10H2,1-2H3. The van der Waals surface area contributed by atoms with Crippen LogP contribution < -0.4 is 4.72 Å². The van der Waals surface area contributed by atoms with Crippen molar-refractivity contribution in [2.75, 3.05) is 11.6 Å². The van der Waals surface area contributed by atoms with Crippen LogP contribution in [0, 0.1) is 5.92 Å². The highest BCUT2D eigenvalue weighted by Gasteiger charge is 2.34. The summed E-state index contributed by atoms with van der Waals surface area (Å²) in [6.45, 7) is 4.07. The van der Waals surface area contributed by atoms with Crippen LogP contribution in [0.2, 0.25) is 0 Å². The number of sulfonamides is 1. The molecule has 1 rings (SSSR count). The summed E-state index contributed by atoms with van der Waals surface area (Å²) < 4.78 is 26.8. The predicted octanol–water partition coefficient (Wildman–Crippen LogP) is 2.89. The number of hydrogen-bond acceptors (Lipinski definition) is 2. The molecule has 0 amide bonds. The number of hydrogen-bond donors (Lipinski definition) is 1. The van der Waals surface area contributed by atoms with Crippen molar-refractivity contribution in [1.29, 1.82) is 0 Å². The Labute approximate surface area is 110 Å². The molecule has 3 nitrogen and oxygen atoms in total. The van der Waals surface area contributed by atoms with Gasteiger partial charge in [0.2, 0.25) is 10.0 Å². The summed E-state index contributed by atoms with van der Waals surface area (Å²) in [5.74, 6) is 1.00. The number of nitrogens with one attached hydrogen (secondary N) is 1. The van der Waals surface area contributed by atoms with Crippen LogP contribution in [0.25, 0.3) is 0 Å². The van der Waals surface area contributed by atoms with Gasteiger partial charge in [0.1, 0.15) is 0 Å². The Hall–Kier alpha value is 0.200. The van der Waals surface area contributed by atoms with Gasteiger partial charge in [-0.05, 0) is 25.2 Å². The molecule has 5 heteroatoms. The second-order valence-corrected chi connectivity index (χ2v) is 7.69. The molecule has 17 heavy (non-hydrogen) atoms. The van der Waals surface area contributed by atoms with E-state index >= 15 is 0 Å². The Morgan fingerprint density at radius 1 is 1.24 bits per heavy atom. The van der Waals surface area contributed by atoms with E-state index in [-0.39, 0.29) is 11.3 Å². The first-order valence-corrected chi connectivity index (χ1v) is 8.65. The van der Waals surface area contributed by atoms with Crippen LogP contribution in [0.3, 0.4) is 0 Å². The Balaban J connectivity index is 2.60. The smallest absolute Gasteiger partial charge is 0.212 e. The summed E-state index contributed by atoms with van der Waals surface area (Å²) in [6, 6.07) is 0. The van der Waals surface area contributed by atoms with Crippen molar-refractivity contribution in [2.24, 2.45) is 5.92 Å². The molecule has 1 fully saturated rings. The number of rotatable bonds is 6. The second-order valence-electron chi connectivity index (χ2n) is 5.58. The van der Waals surface area contributed by atoms with Gasteiger partial charge in [-0.15, -0.1) is 11.6 Å². The lowest BCUT2D eigenvalue weighted by atomic mass is 9.84. The topological polar surface area (TPSA) is 46.2 Å². The molecular weight excluding hydrogens is 258 g/mol. The summed E-state index contributed by atoms with van der Waals surface area (Å²) >= 11 is 5.98. The molecule has 1 N–H and O–H groups in total. The van der Waals surface area contributed by atoms with Crippen LogP contribution in [0.4, 0.5) is 0 Å². The summed E-state index contributed by atoms with van der Waals surface area (Å²) in [4.78, 5) is 0. The van der Waals surface area contributed by atoms with E-state index in [9.17, 15) is 8.42 Å². The van der Waals surface area contributed by atoms with Crippen LogP contribution in [-0.2, 0) is 10.0 Å². The van der Waals surface area contributed by atoms with Gasteiger partial charge >= 0.3 is 0 Å². The lowest BCUT2D eigenvalue weighted by molar-refractivity contribution is 0.297. The highest BCUT2D eigenvalue weighted by atomic mass is 35.5. The Morgan fingerprint density at radius 2 is 1.82 bits per heavy atom. The van der Waals surface area contributed by atoms with Gasteiger partial charge in [-0.25, -0.2) is 13.1 Å². The van der Waals surface area contributed by atoms with Crippen molar-refractivity contribution < 1.29 is 8.42 Å². The fraction of sp³-hybridized carbons (Fsp3) is 1.00. The van der Waals surface area contributed by atoms with Gasteiger partial charge in [-0.2, -0.15) is 0 Å². The average molecular weight is 282 g/mol. The maximum absolute atomic E-state index is 12.0. The van der Waals surface area contributed by atoms with Gasteiger partial charge in [-0.3, -0.25) is 0 Å². The molecule has 0 aromatic rings. The van der Waals surface area contributed by atoms with Crippen LogP contribution in [0.5, 0.6) is 0 Å². The molecule has 0 aromatic carbocycles. The SMILES string of the molecule is CC(C)CCS(=O)(=O)NC1(CCl)CCCCC1. The molecule has 1 aliphatic carbocycles. The summed E-state index contributed by atoms with van der Waals surface area (Å²) in [6.07, 6.45) is 5.77. The Bertz CT molecular complexity index is 321. The lowest BCUT2D eigenvalue weighted by Gasteiger charge is -2.36. The first kappa shape index (κ1) is 15.3. The van der Waals surface area contributed by atoms with E-state index in [2.05, 4.69) is 4.72 Å². The minimum absolute atomic E-state index is 0.212. The molecule has 0 radical (unpaired) electrons. The lowest BCUT2D eigenvalue weighted by Crippen LogP contribution is -2.51. The monoisotopic (exact) mass is 281 g/mol. The number of halogens is 1. The molecule has 0 heterocycles. The summed E-state index contributed by atoms with van der Waals surface area (Å²) in [7, 11) is -3.18. The maximum Gasteiger partial charge on any atom is 0.212 e. The van der Waals surface area contributed by atoms with E-state index < -0.39 is 10.0 Å². The van der Waals surface area contributed by atoms with E-state index in [1.54, 1.807) is 0 Å². The third-order valence-electron chi connectivity index (χ3n) is 3.40. The molecular formula is C12H24ClNO2S. The highest BCUT2D eigenvalue weighted by molar-refractivity contribution is 7.89. The first-order chi connectivity index (χ1) is 7.89. The van der Waals surface area contributed by atoms with Crippen molar-refractivity contribution >= 4 is 21.6 Å². The van der Waals surface area contributed by atoms with Crippen LogP contribution in [0.1, 0.15) is 52.4 Å². The largest absolute Gasteiger partial charge is 0.212 e. The first-order valence-electron chi connectivity index (χ1n) is 6.47. The third-order valence-corrected chi connectivity index (χ3v) is 5.43. The van der Waals surface area contributed by atoms with E-state index in [4.69, 9.17) is 11.6 Å². The van der Waals surface area contributed by atoms with Crippen molar-refractivity contribution in [1.82, 2.24) is 4.72 Å². The van der Waals surface area contributed by atoms with Gasteiger partial charge in [0.25, 0.3) is 0 Å². The van der Waals surface area contributed by atoms with E-state index in [1.807, 2.05) is 13.8 Å². The van der Waals surface area contributed by atoms with Gasteiger partial charge in [0.05, 0.1) is 5.75 Å². The molecule has 0 spiro atoms. The van der Waals surface area contributed by atoms with Gasteiger partial charge in [0.15, 0.2) is 0 Å². The number of alkyl halides is 1. The molecule has 102 valence electrons. The predicted molar refractivity (Wildman–Crippen MR) is 72.9 cm³/mol. The van der Waals surface area contributed by atoms with Gasteiger partial charge in [0, 0.05) is 11.4 Å². The van der Waals surface area contributed by atoms with Gasteiger partial charge in [-0.1, -0.05) is 33.1 Å². The fourth-order valence-corrected chi connectivity index (χ4v) is 4.50. The van der Waals surface area contributed by atoms with Crippen LogP contribution in [-0.4, -0.2) is 25.6 Å². The fourth-order valence-electron chi connectivity index (χ4n) is 2.26. The average Bonchev–Trinajstić information content (AvgIpc) is 2.27. The maximum atomic E-state index is 12.0. The Kier molecular flexibility index (Phi) is 5.74. The van der Waals surface area contributed by atoms with Gasteiger partial charge < -0.3 is 0 Å². The highest BCUT2D eigenvalue weighted by Crippen LogP contribution is 2.30. The molecule has 0 atom stereocenters. The molecule has 0 aliphatic heterocycles. The van der Waals surface area contributed by atoms with Crippen molar-refractivity contribution in [2.45, 2.75) is 57.9 Å². The molecule has 0 unspecified atom stereocenters. The zero-order valence-corrected chi connectivity index (χ0v) is 12.4. The molecule has 0 saturated heterocycles. The van der Waals surface area contributed by atoms with Crippen molar-refractivity contribution in [3.05, 3.63) is 0 Å². The normalized spacial score (nSPS) is 20.7. The summed E-state index contributed by atoms with van der Waals surface area (Å²) in [5.41, 5.74) is -0.379. The van der Waals surface area contributed by atoms with E-state index in [0.29, 0.717) is 18.2 Å².